The molecule has 1 saturated carbocycles. The first-order valence-electron chi connectivity index (χ1n) is 11.1. The minimum atomic E-state index is -0.585. The van der Waals surface area contributed by atoms with Gasteiger partial charge in [0.25, 0.3) is 5.91 Å². The second kappa shape index (κ2) is 10.0. The largest absolute Gasteiger partial charge is 0.322 e. The molecule has 0 unspecified atom stereocenters. The summed E-state index contributed by atoms with van der Waals surface area (Å²) in [6, 6.07) is 12.8. The fraction of sp³-hybridized carbons (Fsp3) is 0.583. The maximum Gasteiger partial charge on any atom is 0.281 e. The van der Waals surface area contributed by atoms with Gasteiger partial charge in [0.2, 0.25) is 0 Å². The molecule has 0 spiro atoms. The first-order chi connectivity index (χ1) is 14.1. The van der Waals surface area contributed by atoms with E-state index in [9.17, 15) is 10.1 Å². The van der Waals surface area contributed by atoms with Crippen molar-refractivity contribution in [1.29, 1.82) is 5.26 Å². The number of nitriles is 1. The lowest BCUT2D eigenvalue weighted by molar-refractivity contribution is -1.02. The van der Waals surface area contributed by atoms with Crippen LogP contribution in [0.3, 0.4) is 0 Å². The number of amides is 1. The zero-order valence-corrected chi connectivity index (χ0v) is 18.0. The summed E-state index contributed by atoms with van der Waals surface area (Å²) in [5.41, 5.74) is 0.658. The van der Waals surface area contributed by atoms with Gasteiger partial charge in [-0.05, 0) is 31.4 Å². The molecule has 1 atom stereocenters. The highest BCUT2D eigenvalue weighted by atomic mass is 16.2. The molecule has 1 amide bonds. The molecule has 5 nitrogen and oxygen atoms in total. The molecule has 0 bridgehead atoms. The van der Waals surface area contributed by atoms with Crippen molar-refractivity contribution in [1.82, 2.24) is 4.90 Å². The Morgan fingerprint density at radius 1 is 1.17 bits per heavy atom. The van der Waals surface area contributed by atoms with Crippen LogP contribution in [0.25, 0.3) is 6.08 Å². The predicted octanol–water partition coefficient (Wildman–Crippen LogP) is 0.557. The van der Waals surface area contributed by atoms with Gasteiger partial charge >= 0.3 is 0 Å². The van der Waals surface area contributed by atoms with Gasteiger partial charge in [-0.1, -0.05) is 55.7 Å². The molecule has 1 aliphatic carbocycles. The van der Waals surface area contributed by atoms with E-state index in [-0.39, 0.29) is 11.9 Å². The van der Waals surface area contributed by atoms with E-state index in [1.54, 1.807) is 9.80 Å². The van der Waals surface area contributed by atoms with Crippen LogP contribution in [-0.4, -0.2) is 62.2 Å². The van der Waals surface area contributed by atoms with Crippen LogP contribution in [0.1, 0.15) is 44.6 Å². The molecule has 1 aliphatic heterocycles. The zero-order chi connectivity index (χ0) is 20.7. The topological polar surface area (TPSA) is 53.0 Å². The van der Waals surface area contributed by atoms with E-state index in [1.165, 1.54) is 16.9 Å². The molecular weight excluding hydrogens is 360 g/mol. The minimum absolute atomic E-state index is 0.0754. The van der Waals surface area contributed by atoms with Crippen molar-refractivity contribution in [2.45, 2.75) is 50.6 Å². The average Bonchev–Trinajstić information content (AvgIpc) is 2.79. The van der Waals surface area contributed by atoms with Crippen LogP contribution >= 0.6 is 0 Å². The quantitative estimate of drug-likeness (QED) is 0.738. The Kier molecular flexibility index (Phi) is 7.46. The zero-order valence-electron chi connectivity index (χ0n) is 18.0. The summed E-state index contributed by atoms with van der Waals surface area (Å²) in [5, 5.41) is 9.79. The standard InChI is InChI=1S/C24H34N4O/c1-21(23(29)26(2)24(20-25)13-7-4-8-14-24)28-18-16-27(17-19-28)15-9-12-22-10-5-3-6-11-22/h3,5-6,9-12,21H,4,7-8,13-19H2,1-2H3/p+2/b12-9+/t21-/m0/s1. The van der Waals surface area contributed by atoms with Crippen molar-refractivity contribution < 1.29 is 14.6 Å². The average molecular weight is 397 g/mol. The Morgan fingerprint density at radius 3 is 2.45 bits per heavy atom. The number of rotatable bonds is 6. The van der Waals surface area contributed by atoms with Gasteiger partial charge in [0, 0.05) is 7.05 Å². The van der Waals surface area contributed by atoms with Crippen LogP contribution in [0.4, 0.5) is 0 Å². The van der Waals surface area contributed by atoms with Crippen molar-refractivity contribution in [3.63, 3.8) is 0 Å². The molecule has 0 radical (unpaired) electrons. The third-order valence-corrected chi connectivity index (χ3v) is 6.96. The molecule has 2 aliphatic rings. The Hall–Kier alpha value is -2.16. The van der Waals surface area contributed by atoms with Gasteiger partial charge in [-0.25, -0.2) is 0 Å². The van der Waals surface area contributed by atoms with Crippen LogP contribution in [-0.2, 0) is 4.79 Å². The van der Waals surface area contributed by atoms with Crippen LogP contribution in [0.5, 0.6) is 0 Å². The highest BCUT2D eigenvalue weighted by molar-refractivity contribution is 5.81. The first-order valence-corrected chi connectivity index (χ1v) is 11.1. The number of carbonyl (C=O) groups excluding carboxylic acids is 1. The predicted molar refractivity (Wildman–Crippen MR) is 115 cm³/mol. The third kappa shape index (κ3) is 5.26. The van der Waals surface area contributed by atoms with Gasteiger partial charge in [-0.3, -0.25) is 4.79 Å². The monoisotopic (exact) mass is 396 g/mol. The number of quaternary nitrogens is 2. The summed E-state index contributed by atoms with van der Waals surface area (Å²) in [6.07, 6.45) is 9.36. The van der Waals surface area contributed by atoms with E-state index >= 15 is 0 Å². The maximum atomic E-state index is 13.2. The van der Waals surface area contributed by atoms with Gasteiger partial charge in [-0.15, -0.1) is 0 Å². The number of hydrogen-bond acceptors (Lipinski definition) is 2. The molecule has 5 heteroatoms. The number of piperazine rings is 1. The highest BCUT2D eigenvalue weighted by Crippen LogP contribution is 2.32. The number of carbonyl (C=O) groups is 1. The molecule has 29 heavy (non-hydrogen) atoms. The van der Waals surface area contributed by atoms with E-state index in [2.05, 4.69) is 42.5 Å². The van der Waals surface area contributed by atoms with Crippen molar-refractivity contribution in [2.75, 3.05) is 39.8 Å². The Bertz CT molecular complexity index is 725. The smallest absolute Gasteiger partial charge is 0.281 e. The minimum Gasteiger partial charge on any atom is -0.322 e. The van der Waals surface area contributed by atoms with E-state index in [4.69, 9.17) is 0 Å². The normalized spacial score (nSPS) is 25.3. The first kappa shape index (κ1) is 21.5. The molecular formula is C24H36N4O+2. The summed E-state index contributed by atoms with van der Waals surface area (Å²) in [6.45, 7) is 7.26. The number of nitrogens with zero attached hydrogens (tertiary/aromatic N) is 2. The van der Waals surface area contributed by atoms with Gasteiger partial charge < -0.3 is 14.7 Å². The fourth-order valence-electron chi connectivity index (χ4n) is 4.82. The van der Waals surface area contributed by atoms with Gasteiger partial charge in [0.1, 0.15) is 31.7 Å². The lowest BCUT2D eigenvalue weighted by atomic mass is 9.81. The molecule has 1 heterocycles. The number of hydrogen-bond donors (Lipinski definition) is 2. The van der Waals surface area contributed by atoms with Gasteiger partial charge in [-0.2, -0.15) is 5.26 Å². The molecule has 2 N–H and O–H groups in total. The number of nitrogens with one attached hydrogen (secondary N) is 2. The van der Waals surface area contributed by atoms with E-state index in [1.807, 2.05) is 20.0 Å². The van der Waals surface area contributed by atoms with E-state index < -0.39 is 5.54 Å². The number of benzene rings is 1. The van der Waals surface area contributed by atoms with Crippen LogP contribution in [0.2, 0.25) is 0 Å². The summed E-state index contributed by atoms with van der Waals surface area (Å²) >= 11 is 0. The van der Waals surface area contributed by atoms with Crippen molar-refractivity contribution in [3.05, 3.63) is 42.0 Å². The lowest BCUT2D eigenvalue weighted by Gasteiger charge is -2.41. The van der Waals surface area contributed by atoms with Crippen molar-refractivity contribution >= 4 is 12.0 Å². The molecule has 0 aromatic heterocycles. The third-order valence-electron chi connectivity index (χ3n) is 6.96. The van der Waals surface area contributed by atoms with E-state index in [0.717, 1.165) is 58.4 Å². The van der Waals surface area contributed by atoms with Gasteiger partial charge in [0.15, 0.2) is 6.04 Å². The van der Waals surface area contributed by atoms with Crippen molar-refractivity contribution in [2.24, 2.45) is 0 Å². The molecule has 3 rings (SSSR count). The molecule has 1 saturated heterocycles. The molecule has 1 aromatic carbocycles. The van der Waals surface area contributed by atoms with Gasteiger partial charge in [0.05, 0.1) is 12.6 Å². The Labute approximate surface area is 175 Å². The molecule has 156 valence electrons. The maximum absolute atomic E-state index is 13.2. The highest BCUT2D eigenvalue weighted by Gasteiger charge is 2.42. The molecule has 1 aromatic rings. The Balaban J connectivity index is 1.49. The van der Waals surface area contributed by atoms with Crippen LogP contribution < -0.4 is 9.80 Å². The number of likely N-dealkylation sites (N-methyl/N-ethyl adjacent to an activating group) is 1. The lowest BCUT2D eigenvalue weighted by Crippen LogP contribution is -3.30. The summed E-state index contributed by atoms with van der Waals surface area (Å²) in [5.74, 6) is 0.135. The summed E-state index contributed by atoms with van der Waals surface area (Å²) in [4.78, 5) is 17.9. The van der Waals surface area contributed by atoms with Crippen LogP contribution in [0, 0.1) is 11.3 Å². The summed E-state index contributed by atoms with van der Waals surface area (Å²) < 4.78 is 0. The van der Waals surface area contributed by atoms with Crippen LogP contribution in [0.15, 0.2) is 36.4 Å². The van der Waals surface area contributed by atoms with Crippen molar-refractivity contribution in [3.8, 4) is 6.07 Å². The SMILES string of the molecule is C[C@@H](C(=O)N(C)C1(C#N)CCCCC1)[NH+]1CC[NH+](C/C=C/c2ccccc2)CC1. The molecule has 2 fully saturated rings. The van der Waals surface area contributed by atoms with E-state index in [0.29, 0.717) is 0 Å². The summed E-state index contributed by atoms with van der Waals surface area (Å²) in [7, 11) is 1.85. The second-order valence-corrected chi connectivity index (χ2v) is 8.75. The second-order valence-electron chi connectivity index (χ2n) is 8.75. The fourth-order valence-corrected chi connectivity index (χ4v) is 4.82. The Morgan fingerprint density at radius 2 is 1.83 bits per heavy atom.